The Kier molecular flexibility index (Phi) is 7.67. The van der Waals surface area contributed by atoms with Crippen molar-refractivity contribution in [3.05, 3.63) is 52.3 Å². The number of benzene rings is 2. The van der Waals surface area contributed by atoms with Crippen LogP contribution in [0.25, 0.3) is 11.1 Å². The average molecular weight is 494 g/mol. The number of ether oxygens (including phenoxy) is 2. The topological polar surface area (TPSA) is 84.9 Å². The molecule has 0 bridgehead atoms. The van der Waals surface area contributed by atoms with Gasteiger partial charge in [0.1, 0.15) is 28.8 Å². The normalized spacial score (nSPS) is 14.4. The summed E-state index contributed by atoms with van der Waals surface area (Å²) in [6.45, 7) is 7.99. The molecule has 2 aromatic carbocycles. The maximum atomic E-state index is 16.0. The van der Waals surface area contributed by atoms with Crippen LogP contribution in [0.1, 0.15) is 75.6 Å². The lowest BCUT2D eigenvalue weighted by Crippen LogP contribution is -2.37. The number of carbonyl (C=O) groups excluding carboxylic acids is 2. The number of amides is 1. The number of esters is 1. The summed E-state index contributed by atoms with van der Waals surface area (Å²) >= 11 is 0. The van der Waals surface area contributed by atoms with Crippen molar-refractivity contribution < 1.29 is 37.3 Å². The Balaban J connectivity index is 2.20. The minimum Gasteiger partial charge on any atom is -0.507 e. The Morgan fingerprint density at radius 1 is 1.14 bits per heavy atom. The van der Waals surface area contributed by atoms with E-state index in [-0.39, 0.29) is 34.8 Å². The van der Waals surface area contributed by atoms with Gasteiger partial charge in [0.2, 0.25) is 0 Å². The van der Waals surface area contributed by atoms with Crippen molar-refractivity contribution in [2.75, 3.05) is 6.61 Å². The monoisotopic (exact) mass is 493 g/mol. The number of phenolic OH excluding ortho intramolecular Hbond substituents is 1. The molecule has 35 heavy (non-hydrogen) atoms. The lowest BCUT2D eigenvalue weighted by atomic mass is 9.89. The SMILES string of the molecule is CCOC(=O)C[C@H](NC(=O)OC(C)(C)C)c1c(F)c(-c2c(C)cc(F)cc2O)cc(C2CC2)c1F. The first-order valence-corrected chi connectivity index (χ1v) is 11.5. The highest BCUT2D eigenvalue weighted by Gasteiger charge is 2.35. The van der Waals surface area contributed by atoms with Crippen molar-refractivity contribution in [2.45, 2.75) is 71.4 Å². The molecule has 0 spiro atoms. The molecule has 1 aliphatic carbocycles. The Bertz CT molecular complexity index is 1120. The van der Waals surface area contributed by atoms with Gasteiger partial charge in [0.05, 0.1) is 19.1 Å². The molecule has 2 aromatic rings. The predicted octanol–water partition coefficient (Wildman–Crippen LogP) is 6.18. The van der Waals surface area contributed by atoms with Crippen LogP contribution >= 0.6 is 0 Å². The summed E-state index contributed by atoms with van der Waals surface area (Å²) in [6, 6.07) is 1.82. The molecule has 190 valence electrons. The zero-order valence-corrected chi connectivity index (χ0v) is 20.4. The molecule has 9 heteroatoms. The molecule has 1 amide bonds. The van der Waals surface area contributed by atoms with E-state index in [0.29, 0.717) is 12.8 Å². The Hall–Kier alpha value is -3.23. The molecule has 1 saturated carbocycles. The van der Waals surface area contributed by atoms with Crippen molar-refractivity contribution in [3.8, 4) is 16.9 Å². The summed E-state index contributed by atoms with van der Waals surface area (Å²) in [7, 11) is 0. The minimum atomic E-state index is -1.45. The van der Waals surface area contributed by atoms with E-state index in [1.807, 2.05) is 0 Å². The molecular formula is C26H30F3NO5. The second-order valence-electron chi connectivity index (χ2n) is 9.65. The van der Waals surface area contributed by atoms with Gasteiger partial charge in [0.25, 0.3) is 0 Å². The number of carbonyl (C=O) groups is 2. The van der Waals surface area contributed by atoms with Crippen LogP contribution in [0.4, 0.5) is 18.0 Å². The number of aromatic hydroxyl groups is 1. The number of halogens is 3. The largest absolute Gasteiger partial charge is 0.507 e. The van der Waals surface area contributed by atoms with Crippen molar-refractivity contribution in [2.24, 2.45) is 0 Å². The number of phenols is 1. The molecule has 0 saturated heterocycles. The van der Waals surface area contributed by atoms with Crippen LogP contribution < -0.4 is 5.32 Å². The zero-order valence-electron chi connectivity index (χ0n) is 20.4. The van der Waals surface area contributed by atoms with Gasteiger partial charge in [-0.25, -0.2) is 18.0 Å². The number of alkyl carbamates (subject to hydrolysis) is 1. The average Bonchev–Trinajstić information content (AvgIpc) is 3.52. The number of aryl methyl sites for hydroxylation is 1. The van der Waals surface area contributed by atoms with E-state index in [1.165, 1.54) is 13.0 Å². The highest BCUT2D eigenvalue weighted by Crippen LogP contribution is 2.47. The molecule has 3 rings (SSSR count). The first kappa shape index (κ1) is 26.4. The van der Waals surface area contributed by atoms with E-state index in [0.717, 1.165) is 12.1 Å². The van der Waals surface area contributed by atoms with Gasteiger partial charge >= 0.3 is 12.1 Å². The van der Waals surface area contributed by atoms with E-state index < -0.39 is 58.9 Å². The van der Waals surface area contributed by atoms with Gasteiger partial charge < -0.3 is 19.9 Å². The van der Waals surface area contributed by atoms with E-state index in [2.05, 4.69) is 5.32 Å². The van der Waals surface area contributed by atoms with Gasteiger partial charge in [-0.15, -0.1) is 0 Å². The summed E-state index contributed by atoms with van der Waals surface area (Å²) in [5, 5.41) is 12.8. The van der Waals surface area contributed by atoms with Crippen LogP contribution in [-0.2, 0) is 14.3 Å². The van der Waals surface area contributed by atoms with Crippen molar-refractivity contribution in [3.63, 3.8) is 0 Å². The number of nitrogens with one attached hydrogen (secondary N) is 1. The fraction of sp³-hybridized carbons (Fsp3) is 0.462. The van der Waals surface area contributed by atoms with Gasteiger partial charge in [-0.3, -0.25) is 4.79 Å². The van der Waals surface area contributed by atoms with E-state index in [9.17, 15) is 19.1 Å². The second kappa shape index (κ2) is 10.2. The molecule has 0 radical (unpaired) electrons. The molecular weight excluding hydrogens is 463 g/mol. The third kappa shape index (κ3) is 6.26. The van der Waals surface area contributed by atoms with Crippen LogP contribution in [0.3, 0.4) is 0 Å². The third-order valence-electron chi connectivity index (χ3n) is 5.54. The standard InChI is InChI=1S/C26H30F3NO5/c1-6-34-20(32)12-18(30-25(33)35-26(3,4)5)22-23(28)16(14-7-8-14)11-17(24(22)29)21-13(2)9-15(27)10-19(21)31/h9-11,14,18,31H,6-8,12H2,1-5H3,(H,30,33)/t18-/m0/s1. The first-order chi connectivity index (χ1) is 16.3. The molecule has 6 nitrogen and oxygen atoms in total. The van der Waals surface area contributed by atoms with E-state index in [1.54, 1.807) is 27.7 Å². The van der Waals surface area contributed by atoms with Gasteiger partial charge in [0.15, 0.2) is 0 Å². The quantitative estimate of drug-likeness (QED) is 0.450. The maximum Gasteiger partial charge on any atom is 0.408 e. The molecule has 0 heterocycles. The third-order valence-corrected chi connectivity index (χ3v) is 5.54. The zero-order chi connectivity index (χ0) is 26.1. The highest BCUT2D eigenvalue weighted by molar-refractivity contribution is 5.77. The van der Waals surface area contributed by atoms with Crippen molar-refractivity contribution >= 4 is 12.1 Å². The summed E-state index contributed by atoms with van der Waals surface area (Å²) in [5.41, 5.74) is -1.17. The molecule has 0 aliphatic heterocycles. The van der Waals surface area contributed by atoms with Crippen LogP contribution in [0.5, 0.6) is 5.75 Å². The predicted molar refractivity (Wildman–Crippen MR) is 123 cm³/mol. The van der Waals surface area contributed by atoms with Gasteiger partial charge in [-0.2, -0.15) is 0 Å². The highest BCUT2D eigenvalue weighted by atomic mass is 19.1. The Morgan fingerprint density at radius 3 is 2.34 bits per heavy atom. The van der Waals surface area contributed by atoms with Crippen LogP contribution in [0.2, 0.25) is 0 Å². The van der Waals surface area contributed by atoms with E-state index >= 15 is 8.78 Å². The van der Waals surface area contributed by atoms with Gasteiger partial charge in [-0.1, -0.05) is 0 Å². The number of hydrogen-bond donors (Lipinski definition) is 2. The Labute approximate surface area is 202 Å². The van der Waals surface area contributed by atoms with Crippen LogP contribution in [0.15, 0.2) is 18.2 Å². The summed E-state index contributed by atoms with van der Waals surface area (Å²) in [6.07, 6.45) is -0.164. The Morgan fingerprint density at radius 2 is 1.80 bits per heavy atom. The molecule has 0 unspecified atom stereocenters. The molecule has 2 N–H and O–H groups in total. The van der Waals surface area contributed by atoms with Crippen molar-refractivity contribution in [1.82, 2.24) is 5.32 Å². The minimum absolute atomic E-state index is 0.000738. The van der Waals surface area contributed by atoms with Crippen molar-refractivity contribution in [1.29, 1.82) is 0 Å². The first-order valence-electron chi connectivity index (χ1n) is 11.5. The number of rotatable bonds is 7. The molecule has 1 fully saturated rings. The second-order valence-corrected chi connectivity index (χ2v) is 9.65. The molecule has 1 atom stereocenters. The lowest BCUT2D eigenvalue weighted by molar-refractivity contribution is -0.143. The molecule has 1 aliphatic rings. The number of hydrogen-bond acceptors (Lipinski definition) is 5. The lowest BCUT2D eigenvalue weighted by Gasteiger charge is -2.25. The van der Waals surface area contributed by atoms with Gasteiger partial charge in [0, 0.05) is 22.8 Å². The van der Waals surface area contributed by atoms with Crippen LogP contribution in [0, 0.1) is 24.4 Å². The summed E-state index contributed by atoms with van der Waals surface area (Å²) in [5.74, 6) is -4.14. The van der Waals surface area contributed by atoms with E-state index in [4.69, 9.17) is 9.47 Å². The smallest absolute Gasteiger partial charge is 0.408 e. The van der Waals surface area contributed by atoms with Gasteiger partial charge in [-0.05, 0) is 76.6 Å². The fourth-order valence-corrected chi connectivity index (χ4v) is 4.00. The fourth-order valence-electron chi connectivity index (χ4n) is 4.00. The van der Waals surface area contributed by atoms with Crippen LogP contribution in [-0.4, -0.2) is 29.4 Å². The molecule has 0 aromatic heterocycles. The maximum absolute atomic E-state index is 16.0. The summed E-state index contributed by atoms with van der Waals surface area (Å²) < 4.78 is 55.8. The summed E-state index contributed by atoms with van der Waals surface area (Å²) in [4.78, 5) is 24.8.